The van der Waals surface area contributed by atoms with Crippen LogP contribution in [-0.4, -0.2) is 23.3 Å². The Morgan fingerprint density at radius 1 is 1.21 bits per heavy atom. The number of aliphatic carboxylic acids is 1. The minimum Gasteiger partial charge on any atom is -0.481 e. The molecule has 1 saturated carbocycles. The van der Waals surface area contributed by atoms with Gasteiger partial charge in [-0.1, -0.05) is 0 Å². The van der Waals surface area contributed by atoms with Crippen LogP contribution in [0.15, 0.2) is 0 Å². The lowest BCUT2D eigenvalue weighted by Crippen LogP contribution is -2.26. The molecule has 0 aromatic carbocycles. The molecule has 0 aromatic heterocycles. The molecule has 0 bridgehead atoms. The summed E-state index contributed by atoms with van der Waals surface area (Å²) in [6.07, 6.45) is 6.95. The Balaban J connectivity index is 1.97. The lowest BCUT2D eigenvalue weighted by molar-refractivity contribution is -0.142. The van der Waals surface area contributed by atoms with E-state index in [0.29, 0.717) is 0 Å². The Bertz CT molecular complexity index is 219. The van der Waals surface area contributed by atoms with Gasteiger partial charge in [0.15, 0.2) is 0 Å². The molecular weight excluding hydrogens is 180 g/mol. The van der Waals surface area contributed by atoms with Crippen LogP contribution in [0.25, 0.3) is 0 Å². The van der Waals surface area contributed by atoms with Gasteiger partial charge in [0.2, 0.25) is 0 Å². The van der Waals surface area contributed by atoms with E-state index >= 15 is 0 Å². The van der Waals surface area contributed by atoms with Crippen molar-refractivity contribution in [2.75, 3.05) is 6.61 Å². The number of rotatable bonds is 1. The third-order valence-electron chi connectivity index (χ3n) is 3.67. The number of carboxylic acid groups (broad SMARTS) is 1. The highest BCUT2D eigenvalue weighted by atomic mass is 16.5. The quantitative estimate of drug-likeness (QED) is 0.702. The third kappa shape index (κ3) is 1.92. The number of hydrogen-bond donors (Lipinski definition) is 1. The van der Waals surface area contributed by atoms with Gasteiger partial charge in [-0.15, -0.1) is 0 Å². The second-order valence-corrected chi connectivity index (χ2v) is 4.60. The molecule has 1 aliphatic carbocycles. The van der Waals surface area contributed by atoms with Crippen LogP contribution in [0.3, 0.4) is 0 Å². The molecule has 1 heterocycles. The third-order valence-corrected chi connectivity index (χ3v) is 3.67. The van der Waals surface area contributed by atoms with Gasteiger partial charge in [0.05, 0.1) is 11.5 Å². The fourth-order valence-corrected chi connectivity index (χ4v) is 2.77. The molecule has 0 radical (unpaired) electrons. The Morgan fingerprint density at radius 2 is 2.00 bits per heavy atom. The van der Waals surface area contributed by atoms with Crippen LogP contribution in [0.1, 0.15) is 44.9 Å². The zero-order valence-corrected chi connectivity index (χ0v) is 8.50. The molecule has 80 valence electrons. The summed E-state index contributed by atoms with van der Waals surface area (Å²) in [5, 5.41) is 8.95. The van der Waals surface area contributed by atoms with Crippen molar-refractivity contribution in [3.63, 3.8) is 0 Å². The van der Waals surface area contributed by atoms with E-state index in [1.54, 1.807) is 0 Å². The standard InChI is InChI=1S/C11H18O3/c12-10(13)9-3-1-5-11(7-4-9)6-2-8-14-11/h9H,1-8H2,(H,12,13). The summed E-state index contributed by atoms with van der Waals surface area (Å²) < 4.78 is 5.80. The zero-order chi connectivity index (χ0) is 10.0. The maximum Gasteiger partial charge on any atom is 0.306 e. The first-order valence-corrected chi connectivity index (χ1v) is 5.59. The van der Waals surface area contributed by atoms with Crippen molar-refractivity contribution in [3.05, 3.63) is 0 Å². The predicted molar refractivity (Wildman–Crippen MR) is 52.1 cm³/mol. The number of ether oxygens (including phenoxy) is 1. The lowest BCUT2D eigenvalue weighted by Gasteiger charge is -2.26. The molecule has 2 unspecified atom stereocenters. The molecule has 2 fully saturated rings. The first-order valence-electron chi connectivity index (χ1n) is 5.59. The fraction of sp³-hybridized carbons (Fsp3) is 0.909. The van der Waals surface area contributed by atoms with E-state index in [4.69, 9.17) is 9.84 Å². The summed E-state index contributed by atoms with van der Waals surface area (Å²) in [6.45, 7) is 0.873. The van der Waals surface area contributed by atoms with E-state index in [-0.39, 0.29) is 11.5 Å². The van der Waals surface area contributed by atoms with Crippen molar-refractivity contribution in [3.8, 4) is 0 Å². The second-order valence-electron chi connectivity index (χ2n) is 4.60. The highest BCUT2D eigenvalue weighted by Gasteiger charge is 2.38. The summed E-state index contributed by atoms with van der Waals surface area (Å²) in [6, 6.07) is 0. The predicted octanol–water partition coefficient (Wildman–Crippen LogP) is 2.20. The summed E-state index contributed by atoms with van der Waals surface area (Å²) in [5.74, 6) is -0.751. The number of hydrogen-bond acceptors (Lipinski definition) is 2. The molecule has 1 aliphatic heterocycles. The molecule has 3 nitrogen and oxygen atoms in total. The lowest BCUT2D eigenvalue weighted by atomic mass is 9.91. The van der Waals surface area contributed by atoms with E-state index in [2.05, 4.69) is 0 Å². The molecule has 2 rings (SSSR count). The van der Waals surface area contributed by atoms with Crippen LogP contribution in [0.5, 0.6) is 0 Å². The Labute approximate surface area is 84.4 Å². The number of carboxylic acids is 1. The summed E-state index contributed by atoms with van der Waals surface area (Å²) in [4.78, 5) is 10.9. The smallest absolute Gasteiger partial charge is 0.306 e. The molecule has 14 heavy (non-hydrogen) atoms. The largest absolute Gasteiger partial charge is 0.481 e. The SMILES string of the molecule is O=C(O)C1CCCC2(CCCO2)CC1. The van der Waals surface area contributed by atoms with Crippen molar-refractivity contribution in [2.45, 2.75) is 50.5 Å². The van der Waals surface area contributed by atoms with Gasteiger partial charge < -0.3 is 9.84 Å². The van der Waals surface area contributed by atoms with Crippen molar-refractivity contribution >= 4 is 5.97 Å². The molecule has 2 aliphatic rings. The summed E-state index contributed by atoms with van der Waals surface area (Å²) in [5.41, 5.74) is 0.0597. The van der Waals surface area contributed by atoms with Crippen LogP contribution >= 0.6 is 0 Å². The average Bonchev–Trinajstić information content (AvgIpc) is 2.47. The van der Waals surface area contributed by atoms with Gasteiger partial charge in [-0.2, -0.15) is 0 Å². The van der Waals surface area contributed by atoms with E-state index in [1.807, 2.05) is 0 Å². The summed E-state index contributed by atoms with van der Waals surface area (Å²) >= 11 is 0. The molecule has 3 heteroatoms. The van der Waals surface area contributed by atoms with Gasteiger partial charge in [0, 0.05) is 6.61 Å². The van der Waals surface area contributed by atoms with Crippen molar-refractivity contribution in [1.29, 1.82) is 0 Å². The second kappa shape index (κ2) is 3.89. The van der Waals surface area contributed by atoms with E-state index in [1.165, 1.54) is 0 Å². The van der Waals surface area contributed by atoms with Crippen LogP contribution < -0.4 is 0 Å². The molecular formula is C11H18O3. The number of carbonyl (C=O) groups is 1. The Morgan fingerprint density at radius 3 is 2.64 bits per heavy atom. The van der Waals surface area contributed by atoms with Crippen molar-refractivity contribution < 1.29 is 14.6 Å². The minimum absolute atomic E-state index is 0.0597. The van der Waals surface area contributed by atoms with Crippen LogP contribution in [0.2, 0.25) is 0 Å². The van der Waals surface area contributed by atoms with Gasteiger partial charge in [-0.25, -0.2) is 0 Å². The minimum atomic E-state index is -0.625. The molecule has 1 saturated heterocycles. The molecule has 2 atom stereocenters. The van der Waals surface area contributed by atoms with Crippen molar-refractivity contribution in [1.82, 2.24) is 0 Å². The maximum absolute atomic E-state index is 10.9. The van der Waals surface area contributed by atoms with Gasteiger partial charge in [-0.05, 0) is 44.9 Å². The van der Waals surface area contributed by atoms with Gasteiger partial charge >= 0.3 is 5.97 Å². The van der Waals surface area contributed by atoms with Crippen molar-refractivity contribution in [2.24, 2.45) is 5.92 Å². The fourth-order valence-electron chi connectivity index (χ4n) is 2.77. The van der Waals surface area contributed by atoms with Gasteiger partial charge in [0.25, 0.3) is 0 Å². The Hall–Kier alpha value is -0.570. The van der Waals surface area contributed by atoms with Crippen LogP contribution in [-0.2, 0) is 9.53 Å². The van der Waals surface area contributed by atoms with Gasteiger partial charge in [-0.3, -0.25) is 4.79 Å². The van der Waals surface area contributed by atoms with E-state index in [9.17, 15) is 4.79 Å². The first kappa shape index (κ1) is 9.97. The molecule has 0 amide bonds. The normalized spacial score (nSPS) is 38.4. The van der Waals surface area contributed by atoms with E-state index in [0.717, 1.165) is 51.6 Å². The topological polar surface area (TPSA) is 46.5 Å². The Kier molecular flexibility index (Phi) is 2.77. The molecule has 1 spiro atoms. The van der Waals surface area contributed by atoms with Crippen LogP contribution in [0.4, 0.5) is 0 Å². The van der Waals surface area contributed by atoms with Crippen LogP contribution in [0, 0.1) is 5.92 Å². The zero-order valence-electron chi connectivity index (χ0n) is 8.50. The van der Waals surface area contributed by atoms with Gasteiger partial charge in [0.1, 0.15) is 0 Å². The first-order chi connectivity index (χ1) is 6.72. The van der Waals surface area contributed by atoms with E-state index < -0.39 is 5.97 Å². The molecule has 1 N–H and O–H groups in total. The maximum atomic E-state index is 10.9. The summed E-state index contributed by atoms with van der Waals surface area (Å²) in [7, 11) is 0. The molecule has 0 aromatic rings. The average molecular weight is 198 g/mol. The highest BCUT2D eigenvalue weighted by molar-refractivity contribution is 5.69. The highest BCUT2D eigenvalue weighted by Crippen LogP contribution is 2.39. The monoisotopic (exact) mass is 198 g/mol.